The van der Waals surface area contributed by atoms with Gasteiger partial charge in [0.15, 0.2) is 0 Å². The number of hydrogen-bond acceptors (Lipinski definition) is 6. The van der Waals surface area contributed by atoms with Gasteiger partial charge in [-0.3, -0.25) is 9.69 Å². The van der Waals surface area contributed by atoms with E-state index in [4.69, 9.17) is 4.74 Å². The van der Waals surface area contributed by atoms with Crippen molar-refractivity contribution in [2.75, 3.05) is 13.1 Å². The van der Waals surface area contributed by atoms with Crippen molar-refractivity contribution < 1.29 is 9.53 Å². The molecular weight excluding hydrogens is 372 g/mol. The molecule has 0 spiro atoms. The SMILES string of the molecule is CC(=O)N1C[C@@H]2C[C@H]1CN2Cc1ccc(Oc2nc3c(C)ccnc3s2)cc1. The van der Waals surface area contributed by atoms with E-state index in [0.29, 0.717) is 17.3 Å². The van der Waals surface area contributed by atoms with Crippen LogP contribution in [0.3, 0.4) is 0 Å². The standard InChI is InChI=1S/C21H22N4O2S/c1-13-7-8-22-20-19(13)23-21(28-20)27-18-5-3-15(4-6-18)10-24-11-17-9-16(24)12-25(17)14(2)26/h3-8,16-17H,9-12H2,1-2H3/t16-,17-/m0/s1. The van der Waals surface area contributed by atoms with E-state index in [1.54, 1.807) is 13.1 Å². The predicted molar refractivity (Wildman–Crippen MR) is 109 cm³/mol. The average Bonchev–Trinajstić information content (AvgIpc) is 3.37. The fourth-order valence-corrected chi connectivity index (χ4v) is 5.16. The first kappa shape index (κ1) is 17.6. The number of ether oxygens (including phenoxy) is 1. The molecule has 0 saturated carbocycles. The summed E-state index contributed by atoms with van der Waals surface area (Å²) < 4.78 is 5.94. The number of likely N-dealkylation sites (tertiary alicyclic amines) is 2. The Hall–Kier alpha value is -2.51. The summed E-state index contributed by atoms with van der Waals surface area (Å²) in [4.78, 5) is 26.0. The van der Waals surface area contributed by atoms with Crippen LogP contribution in [-0.4, -0.2) is 50.8 Å². The summed E-state index contributed by atoms with van der Waals surface area (Å²) in [5.74, 6) is 0.986. The van der Waals surface area contributed by atoms with Gasteiger partial charge in [0, 0.05) is 44.8 Å². The highest BCUT2D eigenvalue weighted by atomic mass is 32.1. The van der Waals surface area contributed by atoms with Gasteiger partial charge in [0.25, 0.3) is 5.19 Å². The van der Waals surface area contributed by atoms with Crippen LogP contribution in [0.1, 0.15) is 24.5 Å². The number of nitrogens with zero attached hydrogens (tertiary/aromatic N) is 4. The minimum Gasteiger partial charge on any atom is -0.431 e. The molecule has 28 heavy (non-hydrogen) atoms. The number of piperazine rings is 1. The zero-order valence-electron chi connectivity index (χ0n) is 16.0. The lowest BCUT2D eigenvalue weighted by molar-refractivity contribution is -0.131. The maximum Gasteiger partial charge on any atom is 0.281 e. The third-order valence-electron chi connectivity index (χ3n) is 5.75. The third-order valence-corrected chi connectivity index (χ3v) is 6.59. The molecule has 1 amide bonds. The van der Waals surface area contributed by atoms with E-state index < -0.39 is 0 Å². The number of aryl methyl sites for hydroxylation is 1. The van der Waals surface area contributed by atoms with Crippen LogP contribution in [0.25, 0.3) is 10.3 Å². The summed E-state index contributed by atoms with van der Waals surface area (Å²) in [6.07, 6.45) is 2.90. The smallest absolute Gasteiger partial charge is 0.281 e. The monoisotopic (exact) mass is 394 g/mol. The summed E-state index contributed by atoms with van der Waals surface area (Å²) in [7, 11) is 0. The molecule has 0 unspecified atom stereocenters. The van der Waals surface area contributed by atoms with Crippen molar-refractivity contribution in [3.05, 3.63) is 47.7 Å². The zero-order valence-corrected chi connectivity index (χ0v) is 16.8. The van der Waals surface area contributed by atoms with Gasteiger partial charge in [-0.15, -0.1) is 0 Å². The molecule has 7 heteroatoms. The number of benzene rings is 1. The van der Waals surface area contributed by atoms with Crippen LogP contribution in [0.5, 0.6) is 10.9 Å². The topological polar surface area (TPSA) is 58.6 Å². The average molecular weight is 395 g/mol. The first-order valence-electron chi connectivity index (χ1n) is 9.57. The molecule has 2 fully saturated rings. The highest BCUT2D eigenvalue weighted by Gasteiger charge is 2.43. The molecule has 2 saturated heterocycles. The van der Waals surface area contributed by atoms with Crippen LogP contribution in [-0.2, 0) is 11.3 Å². The van der Waals surface area contributed by atoms with Crippen LogP contribution in [0.15, 0.2) is 36.5 Å². The van der Waals surface area contributed by atoms with Gasteiger partial charge in [0.1, 0.15) is 16.1 Å². The lowest BCUT2D eigenvalue weighted by atomic mass is 10.2. The second-order valence-corrected chi connectivity index (χ2v) is 8.59. The number of rotatable bonds is 4. The van der Waals surface area contributed by atoms with Crippen LogP contribution in [0.2, 0.25) is 0 Å². The van der Waals surface area contributed by atoms with E-state index in [2.05, 4.69) is 27.0 Å². The lowest BCUT2D eigenvalue weighted by Gasteiger charge is -2.33. The van der Waals surface area contributed by atoms with Gasteiger partial charge >= 0.3 is 0 Å². The van der Waals surface area contributed by atoms with E-state index in [9.17, 15) is 4.79 Å². The van der Waals surface area contributed by atoms with Gasteiger partial charge in [0.05, 0.1) is 0 Å². The van der Waals surface area contributed by atoms with Gasteiger partial charge in [-0.25, -0.2) is 9.97 Å². The van der Waals surface area contributed by atoms with Crippen LogP contribution in [0.4, 0.5) is 0 Å². The van der Waals surface area contributed by atoms with Gasteiger partial charge < -0.3 is 9.64 Å². The van der Waals surface area contributed by atoms with Crippen molar-refractivity contribution in [3.63, 3.8) is 0 Å². The van der Waals surface area contributed by atoms with E-state index in [-0.39, 0.29) is 5.91 Å². The Bertz CT molecular complexity index is 1030. The molecule has 144 valence electrons. The summed E-state index contributed by atoms with van der Waals surface area (Å²) >= 11 is 1.46. The number of carbonyl (C=O) groups excluding carboxylic acids is 1. The fraction of sp³-hybridized carbons (Fsp3) is 0.381. The maximum atomic E-state index is 11.6. The number of amides is 1. The van der Waals surface area contributed by atoms with Gasteiger partial charge in [-0.2, -0.15) is 0 Å². The number of pyridine rings is 1. The first-order valence-corrected chi connectivity index (χ1v) is 10.4. The van der Waals surface area contributed by atoms with Crippen molar-refractivity contribution in [2.45, 2.75) is 38.9 Å². The Morgan fingerprint density at radius 3 is 2.71 bits per heavy atom. The molecule has 1 aromatic carbocycles. The molecule has 0 N–H and O–H groups in total. The summed E-state index contributed by atoms with van der Waals surface area (Å²) in [6.45, 7) is 6.46. The Balaban J connectivity index is 1.24. The minimum absolute atomic E-state index is 0.203. The number of fused-ring (bicyclic) bond motifs is 3. The lowest BCUT2D eigenvalue weighted by Crippen LogP contribution is -2.47. The van der Waals surface area contributed by atoms with E-state index in [1.165, 1.54) is 16.9 Å². The van der Waals surface area contributed by atoms with E-state index in [1.807, 2.05) is 30.0 Å². The van der Waals surface area contributed by atoms with E-state index >= 15 is 0 Å². The highest BCUT2D eigenvalue weighted by Crippen LogP contribution is 2.33. The van der Waals surface area contributed by atoms with Gasteiger partial charge in [-0.1, -0.05) is 23.5 Å². The minimum atomic E-state index is 0.203. The van der Waals surface area contributed by atoms with Gasteiger partial charge in [-0.05, 0) is 42.7 Å². The van der Waals surface area contributed by atoms with Crippen molar-refractivity contribution in [1.29, 1.82) is 0 Å². The van der Waals surface area contributed by atoms with Crippen molar-refractivity contribution in [2.24, 2.45) is 0 Å². The molecule has 3 aromatic rings. The van der Waals surface area contributed by atoms with Crippen molar-refractivity contribution in [1.82, 2.24) is 19.8 Å². The first-order chi connectivity index (χ1) is 13.6. The fourth-order valence-electron chi connectivity index (χ4n) is 4.30. The highest BCUT2D eigenvalue weighted by molar-refractivity contribution is 7.19. The molecule has 2 bridgehead atoms. The normalized spacial score (nSPS) is 21.6. The zero-order chi connectivity index (χ0) is 19.3. The predicted octanol–water partition coefficient (Wildman–Crippen LogP) is 3.60. The van der Waals surface area contributed by atoms with Gasteiger partial charge in [0.2, 0.25) is 5.91 Å². The Labute approximate surface area is 167 Å². The summed E-state index contributed by atoms with van der Waals surface area (Å²) in [5, 5.41) is 0.616. The second-order valence-electron chi connectivity index (χ2n) is 7.65. The van der Waals surface area contributed by atoms with Crippen LogP contribution in [0, 0.1) is 6.92 Å². The largest absolute Gasteiger partial charge is 0.431 e. The third kappa shape index (κ3) is 3.14. The second kappa shape index (κ2) is 6.83. The molecule has 2 atom stereocenters. The Morgan fingerprint density at radius 1 is 1.21 bits per heavy atom. The molecule has 5 rings (SSSR count). The molecule has 2 aromatic heterocycles. The summed E-state index contributed by atoms with van der Waals surface area (Å²) in [6, 6.07) is 11.1. The molecule has 6 nitrogen and oxygen atoms in total. The van der Waals surface area contributed by atoms with Crippen LogP contribution >= 0.6 is 11.3 Å². The van der Waals surface area contributed by atoms with Crippen molar-refractivity contribution >= 4 is 27.6 Å². The summed E-state index contributed by atoms with van der Waals surface area (Å²) in [5.41, 5.74) is 3.27. The number of hydrogen-bond donors (Lipinski definition) is 0. The van der Waals surface area contributed by atoms with Crippen LogP contribution < -0.4 is 4.74 Å². The molecule has 0 radical (unpaired) electrons. The molecule has 0 aliphatic carbocycles. The number of thiazole rings is 1. The molecule has 2 aliphatic rings. The molecule has 2 aliphatic heterocycles. The van der Waals surface area contributed by atoms with Crippen molar-refractivity contribution in [3.8, 4) is 10.9 Å². The molecular formula is C21H22N4O2S. The number of aromatic nitrogens is 2. The maximum absolute atomic E-state index is 11.6. The van der Waals surface area contributed by atoms with E-state index in [0.717, 1.165) is 47.7 Å². The molecule has 4 heterocycles. The Morgan fingerprint density at radius 2 is 2.04 bits per heavy atom. The Kier molecular flexibility index (Phi) is 4.29. The number of carbonyl (C=O) groups is 1. The quantitative estimate of drug-likeness (QED) is 0.677.